The number of unbranched alkanes of at least 4 members (excludes halogenated alkanes) is 1. The zero-order chi connectivity index (χ0) is 9.68. The normalized spacial score (nSPS) is 10.0. The van der Waals surface area contributed by atoms with Crippen molar-refractivity contribution in [1.29, 1.82) is 0 Å². The Kier molecular flexibility index (Phi) is 3.55. The SMILES string of the molecule is CCCCNC(=O)c1cc[nH]c1C. The van der Waals surface area contributed by atoms with Gasteiger partial charge < -0.3 is 10.3 Å². The monoisotopic (exact) mass is 180 g/mol. The number of amides is 1. The van der Waals surface area contributed by atoms with Crippen LogP contribution in [0.4, 0.5) is 0 Å². The van der Waals surface area contributed by atoms with Crippen molar-refractivity contribution in [3.05, 3.63) is 23.5 Å². The minimum Gasteiger partial charge on any atom is -0.365 e. The molecule has 1 rings (SSSR count). The van der Waals surface area contributed by atoms with Crippen molar-refractivity contribution in [1.82, 2.24) is 10.3 Å². The second kappa shape index (κ2) is 4.70. The smallest absolute Gasteiger partial charge is 0.253 e. The van der Waals surface area contributed by atoms with Crippen LogP contribution in [0.2, 0.25) is 0 Å². The van der Waals surface area contributed by atoms with Gasteiger partial charge in [0.25, 0.3) is 5.91 Å². The van der Waals surface area contributed by atoms with Crippen molar-refractivity contribution in [2.24, 2.45) is 0 Å². The van der Waals surface area contributed by atoms with E-state index in [1.54, 1.807) is 12.3 Å². The summed E-state index contributed by atoms with van der Waals surface area (Å²) in [6.07, 6.45) is 3.92. The van der Waals surface area contributed by atoms with Gasteiger partial charge >= 0.3 is 0 Å². The molecule has 0 aliphatic carbocycles. The number of rotatable bonds is 4. The third-order valence-corrected chi connectivity index (χ3v) is 2.01. The maximum Gasteiger partial charge on any atom is 0.253 e. The fourth-order valence-corrected chi connectivity index (χ4v) is 1.17. The third-order valence-electron chi connectivity index (χ3n) is 2.01. The molecule has 3 nitrogen and oxygen atoms in total. The fraction of sp³-hybridized carbons (Fsp3) is 0.500. The summed E-state index contributed by atoms with van der Waals surface area (Å²) in [6, 6.07) is 1.80. The number of nitrogens with one attached hydrogen (secondary N) is 2. The number of hydrogen-bond acceptors (Lipinski definition) is 1. The van der Waals surface area contributed by atoms with E-state index >= 15 is 0 Å². The molecule has 1 aromatic rings. The molecule has 0 unspecified atom stereocenters. The topological polar surface area (TPSA) is 44.9 Å². The Morgan fingerprint density at radius 2 is 2.38 bits per heavy atom. The Bertz CT molecular complexity index is 278. The summed E-state index contributed by atoms with van der Waals surface area (Å²) in [6.45, 7) is 4.77. The van der Waals surface area contributed by atoms with Gasteiger partial charge in [-0.1, -0.05) is 13.3 Å². The molecule has 0 saturated carbocycles. The summed E-state index contributed by atoms with van der Waals surface area (Å²) in [7, 11) is 0. The van der Waals surface area contributed by atoms with Gasteiger partial charge in [0.15, 0.2) is 0 Å². The molecule has 1 amide bonds. The van der Waals surface area contributed by atoms with Crippen molar-refractivity contribution >= 4 is 5.91 Å². The van der Waals surface area contributed by atoms with E-state index in [2.05, 4.69) is 17.2 Å². The molecular weight excluding hydrogens is 164 g/mol. The van der Waals surface area contributed by atoms with E-state index in [4.69, 9.17) is 0 Å². The lowest BCUT2D eigenvalue weighted by Crippen LogP contribution is -2.24. The van der Waals surface area contributed by atoms with Crippen LogP contribution < -0.4 is 5.32 Å². The van der Waals surface area contributed by atoms with Gasteiger partial charge in [-0.15, -0.1) is 0 Å². The van der Waals surface area contributed by atoms with Gasteiger partial charge in [-0.25, -0.2) is 0 Å². The van der Waals surface area contributed by atoms with E-state index in [0.29, 0.717) is 0 Å². The van der Waals surface area contributed by atoms with Crippen molar-refractivity contribution in [2.75, 3.05) is 6.54 Å². The Morgan fingerprint density at radius 3 is 2.92 bits per heavy atom. The molecule has 0 spiro atoms. The predicted octanol–water partition coefficient (Wildman–Crippen LogP) is 1.85. The third kappa shape index (κ3) is 2.61. The highest BCUT2D eigenvalue weighted by Gasteiger charge is 2.07. The fourth-order valence-electron chi connectivity index (χ4n) is 1.17. The average molecular weight is 180 g/mol. The molecule has 72 valence electrons. The van der Waals surface area contributed by atoms with Gasteiger partial charge in [-0.3, -0.25) is 4.79 Å². The number of carbonyl (C=O) groups excluding carboxylic acids is 1. The molecular formula is C10H16N2O. The molecule has 0 fully saturated rings. The maximum absolute atomic E-state index is 11.5. The molecule has 1 heterocycles. The molecule has 0 bridgehead atoms. The van der Waals surface area contributed by atoms with Crippen LogP contribution in [0.5, 0.6) is 0 Å². The van der Waals surface area contributed by atoms with Crippen LogP contribution in [0.3, 0.4) is 0 Å². The zero-order valence-corrected chi connectivity index (χ0v) is 8.18. The summed E-state index contributed by atoms with van der Waals surface area (Å²) in [5.41, 5.74) is 1.67. The molecule has 3 heteroatoms. The first-order chi connectivity index (χ1) is 6.25. The Morgan fingerprint density at radius 1 is 1.62 bits per heavy atom. The van der Waals surface area contributed by atoms with Crippen molar-refractivity contribution in [2.45, 2.75) is 26.7 Å². The number of H-pyrrole nitrogens is 1. The molecule has 0 saturated heterocycles. The summed E-state index contributed by atoms with van der Waals surface area (Å²) >= 11 is 0. The van der Waals surface area contributed by atoms with Crippen LogP contribution in [0.15, 0.2) is 12.3 Å². The second-order valence-corrected chi connectivity index (χ2v) is 3.13. The summed E-state index contributed by atoms with van der Waals surface area (Å²) in [4.78, 5) is 14.4. The lowest BCUT2D eigenvalue weighted by molar-refractivity contribution is 0.0952. The quantitative estimate of drug-likeness (QED) is 0.682. The van der Waals surface area contributed by atoms with Gasteiger partial charge in [-0.2, -0.15) is 0 Å². The van der Waals surface area contributed by atoms with E-state index < -0.39 is 0 Å². The van der Waals surface area contributed by atoms with Gasteiger partial charge in [0, 0.05) is 18.4 Å². The Balaban J connectivity index is 2.45. The molecule has 0 aromatic carbocycles. The Hall–Kier alpha value is -1.25. The predicted molar refractivity (Wildman–Crippen MR) is 52.8 cm³/mol. The van der Waals surface area contributed by atoms with Crippen LogP contribution in [-0.2, 0) is 0 Å². The molecule has 1 aromatic heterocycles. The van der Waals surface area contributed by atoms with E-state index in [-0.39, 0.29) is 5.91 Å². The van der Waals surface area contributed by atoms with Crippen LogP contribution in [0.1, 0.15) is 35.8 Å². The van der Waals surface area contributed by atoms with Crippen molar-refractivity contribution in [3.63, 3.8) is 0 Å². The number of hydrogen-bond donors (Lipinski definition) is 2. The second-order valence-electron chi connectivity index (χ2n) is 3.13. The average Bonchev–Trinajstić information content (AvgIpc) is 2.52. The van der Waals surface area contributed by atoms with E-state index in [1.807, 2.05) is 6.92 Å². The van der Waals surface area contributed by atoms with Gasteiger partial charge in [-0.05, 0) is 19.4 Å². The summed E-state index contributed by atoms with van der Waals surface area (Å²) in [5, 5.41) is 2.87. The van der Waals surface area contributed by atoms with Crippen LogP contribution in [0, 0.1) is 6.92 Å². The van der Waals surface area contributed by atoms with Gasteiger partial charge in [0.1, 0.15) is 0 Å². The lowest BCUT2D eigenvalue weighted by Gasteiger charge is -2.02. The van der Waals surface area contributed by atoms with E-state index in [1.165, 1.54) is 0 Å². The highest BCUT2D eigenvalue weighted by molar-refractivity contribution is 5.95. The standard InChI is InChI=1S/C10H16N2O/c1-3-4-6-12-10(13)9-5-7-11-8(9)2/h5,7,11H,3-4,6H2,1-2H3,(H,12,13). The van der Waals surface area contributed by atoms with Gasteiger partial charge in [0.05, 0.1) is 5.56 Å². The summed E-state index contributed by atoms with van der Waals surface area (Å²) < 4.78 is 0. The first-order valence-corrected chi connectivity index (χ1v) is 4.68. The minimum absolute atomic E-state index is 0.0206. The van der Waals surface area contributed by atoms with Crippen LogP contribution in [0.25, 0.3) is 0 Å². The first-order valence-electron chi connectivity index (χ1n) is 4.68. The largest absolute Gasteiger partial charge is 0.365 e. The zero-order valence-electron chi connectivity index (χ0n) is 8.18. The number of aromatic amines is 1. The lowest BCUT2D eigenvalue weighted by atomic mass is 10.2. The molecule has 0 radical (unpaired) electrons. The molecule has 13 heavy (non-hydrogen) atoms. The van der Waals surface area contributed by atoms with Crippen molar-refractivity contribution in [3.8, 4) is 0 Å². The number of aromatic nitrogens is 1. The van der Waals surface area contributed by atoms with Crippen LogP contribution >= 0.6 is 0 Å². The molecule has 0 atom stereocenters. The van der Waals surface area contributed by atoms with E-state index in [9.17, 15) is 4.79 Å². The number of aryl methyl sites for hydroxylation is 1. The minimum atomic E-state index is 0.0206. The van der Waals surface area contributed by atoms with Crippen LogP contribution in [-0.4, -0.2) is 17.4 Å². The highest BCUT2D eigenvalue weighted by atomic mass is 16.1. The number of carbonyl (C=O) groups is 1. The van der Waals surface area contributed by atoms with Gasteiger partial charge in [0.2, 0.25) is 0 Å². The molecule has 0 aliphatic heterocycles. The molecule has 0 aliphatic rings. The van der Waals surface area contributed by atoms with E-state index in [0.717, 1.165) is 30.6 Å². The Labute approximate surface area is 78.5 Å². The molecule has 2 N–H and O–H groups in total. The first kappa shape index (κ1) is 9.84. The summed E-state index contributed by atoms with van der Waals surface area (Å²) in [5.74, 6) is 0.0206. The highest BCUT2D eigenvalue weighted by Crippen LogP contribution is 2.03. The van der Waals surface area contributed by atoms with Crippen molar-refractivity contribution < 1.29 is 4.79 Å². The maximum atomic E-state index is 11.5.